The zero-order chi connectivity index (χ0) is 45.3. The molecular weight excluding hydrogens is 817 g/mol. The van der Waals surface area contributed by atoms with Crippen molar-refractivity contribution in [2.24, 2.45) is 5.41 Å². The van der Waals surface area contributed by atoms with E-state index in [1.807, 2.05) is 13.8 Å². The van der Waals surface area contributed by atoms with Crippen LogP contribution < -0.4 is 16.0 Å². The van der Waals surface area contributed by atoms with E-state index in [0.29, 0.717) is 49.2 Å². The van der Waals surface area contributed by atoms with Gasteiger partial charge in [0.25, 0.3) is 0 Å². The molecule has 0 spiro atoms. The fraction of sp³-hybridized carbons (Fsp3) is 0.857. The first kappa shape index (κ1) is 52.9. The van der Waals surface area contributed by atoms with Gasteiger partial charge in [-0.05, 0) is 90.1 Å². The van der Waals surface area contributed by atoms with E-state index in [2.05, 4.69) is 39.6 Å². The smallest absolute Gasteiger partial charge is 0.407 e. The molecular formula is C49H88N6O7S. The lowest BCUT2D eigenvalue weighted by molar-refractivity contribution is -0.132. The summed E-state index contributed by atoms with van der Waals surface area (Å²) in [6.07, 6.45) is 23.8. The number of aromatic hydroxyl groups is 2. The van der Waals surface area contributed by atoms with Crippen LogP contribution in [0.2, 0.25) is 0 Å². The number of hydrogen-bond donors (Lipinski definition) is 5. The summed E-state index contributed by atoms with van der Waals surface area (Å²) in [5.41, 5.74) is -0.976. The van der Waals surface area contributed by atoms with Crippen LogP contribution in [0.3, 0.4) is 0 Å². The van der Waals surface area contributed by atoms with Crippen LogP contribution in [0.15, 0.2) is 11.0 Å². The lowest BCUT2D eigenvalue weighted by Crippen LogP contribution is -2.47. The van der Waals surface area contributed by atoms with Crippen molar-refractivity contribution in [1.82, 2.24) is 30.3 Å². The molecule has 14 heteroatoms. The zero-order valence-corrected chi connectivity index (χ0v) is 40.8. The van der Waals surface area contributed by atoms with Crippen LogP contribution in [0.25, 0.3) is 0 Å². The minimum Gasteiger partial charge on any atom is -0.494 e. The molecule has 0 unspecified atom stereocenters. The number of piperazine rings is 1. The lowest BCUT2D eigenvalue weighted by atomic mass is 9.88. The molecule has 2 aliphatic carbocycles. The Hall–Kier alpha value is -2.68. The SMILES string of the molecule is CCC(CC)(CCNC(=O)CCn1c(O)cc(SC2CCCCCCCC2)c1O)OCCC(C)(C)C(=O)NCCCN1CCN(CCCNC(=O)OC2CCCCCCCC2)CC1. The van der Waals surface area contributed by atoms with Gasteiger partial charge in [-0.3, -0.25) is 14.2 Å². The number of thioether (sulfide) groups is 1. The maximum absolute atomic E-state index is 13.2. The van der Waals surface area contributed by atoms with Gasteiger partial charge in [-0.25, -0.2) is 4.79 Å². The predicted molar refractivity (Wildman–Crippen MR) is 255 cm³/mol. The highest BCUT2D eigenvalue weighted by Gasteiger charge is 2.31. The van der Waals surface area contributed by atoms with Crippen molar-refractivity contribution in [3.63, 3.8) is 0 Å². The van der Waals surface area contributed by atoms with E-state index in [1.165, 1.54) is 68.8 Å². The average molecular weight is 905 g/mol. The summed E-state index contributed by atoms with van der Waals surface area (Å²) in [6, 6.07) is 1.64. The lowest BCUT2D eigenvalue weighted by Gasteiger charge is -2.35. The summed E-state index contributed by atoms with van der Waals surface area (Å²) >= 11 is 1.66. The van der Waals surface area contributed by atoms with Crippen LogP contribution in [-0.2, 0) is 25.6 Å². The number of hydrogen-bond acceptors (Lipinski definition) is 10. The molecule has 13 nitrogen and oxygen atoms in total. The normalized spacial score (nSPS) is 18.6. The fourth-order valence-electron chi connectivity index (χ4n) is 9.33. The summed E-state index contributed by atoms with van der Waals surface area (Å²) in [5.74, 6) is -0.0573. The van der Waals surface area contributed by atoms with Crippen molar-refractivity contribution < 1.29 is 34.1 Å². The molecule has 1 aromatic heterocycles. The molecule has 362 valence electrons. The Morgan fingerprint density at radius 2 is 1.25 bits per heavy atom. The van der Waals surface area contributed by atoms with Gasteiger partial charge < -0.3 is 45.4 Å². The number of amides is 3. The summed E-state index contributed by atoms with van der Waals surface area (Å²) in [4.78, 5) is 44.1. The average Bonchev–Trinajstić information content (AvgIpc) is 3.67. The molecule has 5 N–H and O–H groups in total. The second kappa shape index (κ2) is 29.1. The van der Waals surface area contributed by atoms with Gasteiger partial charge in [0.15, 0.2) is 5.88 Å². The van der Waals surface area contributed by atoms with E-state index < -0.39 is 11.0 Å². The van der Waals surface area contributed by atoms with Crippen molar-refractivity contribution >= 4 is 29.7 Å². The standard InChI is InChI=1S/C49H88N6O7S/c1-5-49(6-2,26-30-50-43(56)25-33-55-44(57)39-42(45(55)58)63-41-23-17-13-9-10-14-18-24-41)61-38-27-48(3,4)46(59)51-28-19-31-53-34-36-54(37-35-53)32-20-29-52-47(60)62-40-21-15-11-7-8-12-16-22-40/h39-41,57-58H,5-38H2,1-4H3,(H,50,56)(H,51,59)(H,52,60). The predicted octanol–water partition coefficient (Wildman–Crippen LogP) is 9.13. The third kappa shape index (κ3) is 19.8. The number of aromatic nitrogens is 1. The highest BCUT2D eigenvalue weighted by molar-refractivity contribution is 8.00. The molecule has 0 atom stereocenters. The quantitative estimate of drug-likeness (QED) is 0.0634. The highest BCUT2D eigenvalue weighted by Crippen LogP contribution is 2.41. The third-order valence-electron chi connectivity index (χ3n) is 14.0. The van der Waals surface area contributed by atoms with Gasteiger partial charge in [-0.15, -0.1) is 11.8 Å². The van der Waals surface area contributed by atoms with Gasteiger partial charge >= 0.3 is 6.09 Å². The van der Waals surface area contributed by atoms with Gasteiger partial charge in [0.05, 0.1) is 10.5 Å². The van der Waals surface area contributed by atoms with Crippen molar-refractivity contribution in [3.8, 4) is 11.8 Å². The molecule has 0 radical (unpaired) electrons. The Bertz CT molecular complexity index is 1440. The molecule has 1 saturated heterocycles. The van der Waals surface area contributed by atoms with Crippen molar-refractivity contribution in [2.45, 2.75) is 204 Å². The largest absolute Gasteiger partial charge is 0.494 e. The van der Waals surface area contributed by atoms with Crippen LogP contribution in [-0.4, -0.2) is 125 Å². The Labute approximate surface area is 385 Å². The van der Waals surface area contributed by atoms with Crippen molar-refractivity contribution in [2.75, 3.05) is 65.5 Å². The second-order valence-electron chi connectivity index (χ2n) is 19.3. The van der Waals surface area contributed by atoms with Crippen LogP contribution in [0.4, 0.5) is 4.79 Å². The summed E-state index contributed by atoms with van der Waals surface area (Å²) in [6.45, 7) is 16.5. The first-order chi connectivity index (χ1) is 30.4. The van der Waals surface area contributed by atoms with Gasteiger partial charge in [-0.2, -0.15) is 0 Å². The molecule has 2 heterocycles. The van der Waals surface area contributed by atoms with Crippen LogP contribution >= 0.6 is 11.8 Å². The summed E-state index contributed by atoms with van der Waals surface area (Å²) in [5, 5.41) is 31.2. The number of ether oxygens (including phenoxy) is 2. The molecule has 1 aromatic rings. The topological polar surface area (TPSA) is 158 Å². The molecule has 3 fully saturated rings. The molecule has 3 amide bonds. The number of alkyl carbamates (subject to hydrolysis) is 1. The Balaban J connectivity index is 1.04. The van der Waals surface area contributed by atoms with Gasteiger partial charge in [0.2, 0.25) is 17.7 Å². The molecule has 0 aromatic carbocycles. The minimum absolute atomic E-state index is 0.00943. The highest BCUT2D eigenvalue weighted by atomic mass is 32.2. The number of nitrogens with zero attached hydrogens (tertiary/aromatic N) is 3. The summed E-state index contributed by atoms with van der Waals surface area (Å²) in [7, 11) is 0. The van der Waals surface area contributed by atoms with E-state index in [0.717, 1.165) is 103 Å². The van der Waals surface area contributed by atoms with Crippen LogP contribution in [0.5, 0.6) is 11.8 Å². The van der Waals surface area contributed by atoms with Crippen LogP contribution in [0.1, 0.15) is 175 Å². The molecule has 4 rings (SSSR count). The number of rotatable bonds is 24. The van der Waals surface area contributed by atoms with Crippen molar-refractivity contribution in [3.05, 3.63) is 6.07 Å². The zero-order valence-electron chi connectivity index (χ0n) is 40.0. The number of carbonyl (C=O) groups is 3. The molecule has 3 aliphatic rings. The minimum atomic E-state index is -0.574. The monoisotopic (exact) mass is 905 g/mol. The first-order valence-corrected chi connectivity index (χ1v) is 26.2. The molecule has 1 aliphatic heterocycles. The van der Waals surface area contributed by atoms with E-state index in [9.17, 15) is 24.6 Å². The maximum Gasteiger partial charge on any atom is 0.407 e. The number of carbonyl (C=O) groups excluding carboxylic acids is 3. The Morgan fingerprint density at radius 3 is 1.83 bits per heavy atom. The van der Waals surface area contributed by atoms with E-state index in [4.69, 9.17) is 9.47 Å². The van der Waals surface area contributed by atoms with Crippen LogP contribution in [0, 0.1) is 5.41 Å². The van der Waals surface area contributed by atoms with Gasteiger partial charge in [0.1, 0.15) is 6.10 Å². The second-order valence-corrected chi connectivity index (χ2v) is 20.6. The van der Waals surface area contributed by atoms with E-state index in [1.54, 1.807) is 17.8 Å². The number of nitrogens with one attached hydrogen (secondary N) is 3. The van der Waals surface area contributed by atoms with Gasteiger partial charge in [-0.1, -0.05) is 91.9 Å². The first-order valence-electron chi connectivity index (χ1n) is 25.3. The Kier molecular flexibility index (Phi) is 24.4. The molecule has 63 heavy (non-hydrogen) atoms. The van der Waals surface area contributed by atoms with E-state index in [-0.39, 0.29) is 48.7 Å². The van der Waals surface area contributed by atoms with Crippen molar-refractivity contribution in [1.29, 1.82) is 0 Å². The third-order valence-corrected chi connectivity index (χ3v) is 15.4. The Morgan fingerprint density at radius 1 is 0.714 bits per heavy atom. The van der Waals surface area contributed by atoms with E-state index >= 15 is 0 Å². The fourth-order valence-corrected chi connectivity index (χ4v) is 10.6. The molecule has 0 bridgehead atoms. The maximum atomic E-state index is 13.2. The summed E-state index contributed by atoms with van der Waals surface area (Å²) < 4.78 is 13.7. The van der Waals surface area contributed by atoms with Gasteiger partial charge in [0, 0.05) is 82.1 Å². The molecule has 2 saturated carbocycles.